The predicted molar refractivity (Wildman–Crippen MR) is 143 cm³/mol. The number of fused-ring (bicyclic) bond motifs is 1. The second kappa shape index (κ2) is 10.2. The number of carbonyl (C=O) groups excluding carboxylic acids is 1. The summed E-state index contributed by atoms with van der Waals surface area (Å²) in [5.41, 5.74) is 1.94. The van der Waals surface area contributed by atoms with Crippen molar-refractivity contribution in [3.8, 4) is 5.75 Å². The first-order chi connectivity index (χ1) is 17.1. The van der Waals surface area contributed by atoms with Crippen LogP contribution in [0.4, 0.5) is 11.4 Å². The summed E-state index contributed by atoms with van der Waals surface area (Å²) in [4.78, 5) is 25.3. The second-order valence-electron chi connectivity index (χ2n) is 8.04. The maximum absolute atomic E-state index is 13.6. The van der Waals surface area contributed by atoms with Gasteiger partial charge in [0, 0.05) is 24.3 Å². The molecule has 9 nitrogen and oxygen atoms in total. The van der Waals surface area contributed by atoms with E-state index >= 15 is 0 Å². The molecule has 0 saturated carbocycles. The maximum atomic E-state index is 13.6. The number of sulfonamides is 1. The van der Waals surface area contributed by atoms with E-state index in [1.165, 1.54) is 21.3 Å². The van der Waals surface area contributed by atoms with Gasteiger partial charge in [0.15, 0.2) is 0 Å². The molecule has 0 radical (unpaired) electrons. The zero-order valence-electron chi connectivity index (χ0n) is 19.9. The molecule has 4 aromatic rings. The van der Waals surface area contributed by atoms with Crippen LogP contribution in [0.1, 0.15) is 6.92 Å². The highest BCUT2D eigenvalue weighted by Gasteiger charge is 2.27. The topological polar surface area (TPSA) is 103 Å². The van der Waals surface area contributed by atoms with Gasteiger partial charge in [-0.2, -0.15) is 0 Å². The summed E-state index contributed by atoms with van der Waals surface area (Å²) in [5.74, 6) is 0.0540. The molecule has 188 valence electrons. The molecular formula is C25H25BrN4O5S. The largest absolute Gasteiger partial charge is 0.494 e. The number of hydrogen-bond acceptors (Lipinski definition) is 5. The third-order valence-corrected chi connectivity index (χ3v) is 8.00. The Bertz CT molecular complexity index is 1580. The SMILES string of the molecule is CCOc1ccc(N(CC(=O)Nc2ccc3c(c2)n(C)c(=O)n3C)S(=O)(=O)c2ccc(Br)cc2)cc1. The van der Waals surface area contributed by atoms with E-state index in [9.17, 15) is 18.0 Å². The minimum absolute atomic E-state index is 0.0492. The van der Waals surface area contributed by atoms with Gasteiger partial charge in [-0.05, 0) is 73.7 Å². The van der Waals surface area contributed by atoms with Crippen molar-refractivity contribution in [3.63, 3.8) is 0 Å². The van der Waals surface area contributed by atoms with Crippen LogP contribution in [0.25, 0.3) is 11.0 Å². The third-order valence-electron chi connectivity index (χ3n) is 5.68. The number of nitrogens with one attached hydrogen (secondary N) is 1. The van der Waals surface area contributed by atoms with E-state index < -0.39 is 22.5 Å². The molecule has 0 spiro atoms. The Balaban J connectivity index is 1.66. The van der Waals surface area contributed by atoms with Crippen LogP contribution in [0.2, 0.25) is 0 Å². The summed E-state index contributed by atoms with van der Waals surface area (Å²) in [6.07, 6.45) is 0. The van der Waals surface area contributed by atoms with Crippen molar-refractivity contribution in [2.24, 2.45) is 14.1 Å². The van der Waals surface area contributed by atoms with Gasteiger partial charge >= 0.3 is 5.69 Å². The number of aryl methyl sites for hydroxylation is 2. The summed E-state index contributed by atoms with van der Waals surface area (Å²) in [6, 6.07) is 17.8. The van der Waals surface area contributed by atoms with Crippen LogP contribution in [0.3, 0.4) is 0 Å². The highest BCUT2D eigenvalue weighted by Crippen LogP contribution is 2.27. The van der Waals surface area contributed by atoms with Crippen molar-refractivity contribution in [1.29, 1.82) is 0 Å². The molecule has 0 bridgehead atoms. The van der Waals surface area contributed by atoms with E-state index in [1.807, 2.05) is 6.92 Å². The number of benzene rings is 3. The monoisotopic (exact) mass is 572 g/mol. The van der Waals surface area contributed by atoms with Gasteiger partial charge in [-0.1, -0.05) is 15.9 Å². The molecule has 3 aromatic carbocycles. The predicted octanol–water partition coefficient (Wildman–Crippen LogP) is 3.87. The number of aromatic nitrogens is 2. The van der Waals surface area contributed by atoms with Gasteiger partial charge in [-0.15, -0.1) is 0 Å². The first kappa shape index (κ1) is 25.5. The van der Waals surface area contributed by atoms with Crippen molar-refractivity contribution in [2.45, 2.75) is 11.8 Å². The summed E-state index contributed by atoms with van der Waals surface area (Å²) in [6.45, 7) is 1.87. The van der Waals surface area contributed by atoms with E-state index in [4.69, 9.17) is 4.74 Å². The smallest absolute Gasteiger partial charge is 0.328 e. The van der Waals surface area contributed by atoms with E-state index in [2.05, 4.69) is 21.2 Å². The van der Waals surface area contributed by atoms with Gasteiger partial charge < -0.3 is 10.1 Å². The number of hydrogen-bond donors (Lipinski definition) is 1. The first-order valence-corrected chi connectivity index (χ1v) is 13.3. The molecule has 0 unspecified atom stereocenters. The summed E-state index contributed by atoms with van der Waals surface area (Å²) in [7, 11) is -0.746. The molecule has 0 atom stereocenters. The average Bonchev–Trinajstić information content (AvgIpc) is 3.07. The molecule has 11 heteroatoms. The molecule has 1 amide bonds. The van der Waals surface area contributed by atoms with Crippen LogP contribution in [0, 0.1) is 0 Å². The molecular weight excluding hydrogens is 548 g/mol. The molecule has 4 rings (SSSR count). The minimum atomic E-state index is -4.06. The lowest BCUT2D eigenvalue weighted by Crippen LogP contribution is -2.38. The number of halogens is 1. The summed E-state index contributed by atoms with van der Waals surface area (Å²) in [5, 5.41) is 2.75. The zero-order chi connectivity index (χ0) is 26.0. The highest BCUT2D eigenvalue weighted by atomic mass is 79.9. The maximum Gasteiger partial charge on any atom is 0.328 e. The second-order valence-corrected chi connectivity index (χ2v) is 10.8. The lowest BCUT2D eigenvalue weighted by atomic mass is 10.2. The van der Waals surface area contributed by atoms with Crippen molar-refractivity contribution >= 4 is 54.3 Å². The van der Waals surface area contributed by atoms with Crippen molar-refractivity contribution < 1.29 is 17.9 Å². The number of amides is 1. The van der Waals surface area contributed by atoms with Crippen LogP contribution < -0.4 is 20.0 Å². The van der Waals surface area contributed by atoms with Crippen LogP contribution in [0.5, 0.6) is 5.75 Å². The molecule has 0 saturated heterocycles. The quantitative estimate of drug-likeness (QED) is 0.345. The number of anilines is 2. The minimum Gasteiger partial charge on any atom is -0.494 e. The van der Waals surface area contributed by atoms with Crippen LogP contribution in [0.15, 0.2) is 80.9 Å². The molecule has 0 aliphatic rings. The normalized spacial score (nSPS) is 11.4. The number of imidazole rings is 1. The van der Waals surface area contributed by atoms with E-state index in [1.54, 1.807) is 68.7 Å². The lowest BCUT2D eigenvalue weighted by molar-refractivity contribution is -0.114. The Morgan fingerprint density at radius 3 is 2.25 bits per heavy atom. The standard InChI is InChI=1S/C25H25BrN4O5S/c1-4-35-20-10-8-19(9-11-20)30(36(33,34)21-12-5-17(26)6-13-21)16-24(31)27-18-7-14-22-23(15-18)29(3)25(32)28(22)2/h5-15H,4,16H2,1-3H3,(H,27,31). The van der Waals surface area contributed by atoms with Gasteiger partial charge in [0.2, 0.25) is 5.91 Å². The van der Waals surface area contributed by atoms with Crippen molar-refractivity contribution in [2.75, 3.05) is 22.8 Å². The van der Waals surface area contributed by atoms with Crippen LogP contribution >= 0.6 is 15.9 Å². The molecule has 0 aliphatic heterocycles. The van der Waals surface area contributed by atoms with E-state index in [0.717, 1.165) is 8.78 Å². The molecule has 1 aromatic heterocycles. The fourth-order valence-corrected chi connectivity index (χ4v) is 5.52. The van der Waals surface area contributed by atoms with E-state index in [0.29, 0.717) is 34.8 Å². The van der Waals surface area contributed by atoms with E-state index in [-0.39, 0.29) is 10.6 Å². The molecule has 1 N–H and O–H groups in total. The highest BCUT2D eigenvalue weighted by molar-refractivity contribution is 9.10. The Morgan fingerprint density at radius 1 is 0.972 bits per heavy atom. The number of rotatable bonds is 8. The van der Waals surface area contributed by atoms with Gasteiger partial charge in [-0.3, -0.25) is 18.2 Å². The van der Waals surface area contributed by atoms with Gasteiger partial charge in [-0.25, -0.2) is 13.2 Å². The third kappa shape index (κ3) is 5.02. The Hall–Kier alpha value is -3.57. The lowest BCUT2D eigenvalue weighted by Gasteiger charge is -2.24. The van der Waals surface area contributed by atoms with Gasteiger partial charge in [0.05, 0.1) is 28.2 Å². The average molecular weight is 573 g/mol. The molecule has 0 fully saturated rings. The molecule has 1 heterocycles. The molecule has 36 heavy (non-hydrogen) atoms. The number of ether oxygens (including phenoxy) is 1. The first-order valence-electron chi connectivity index (χ1n) is 11.1. The summed E-state index contributed by atoms with van der Waals surface area (Å²) >= 11 is 3.31. The number of nitrogens with zero attached hydrogens (tertiary/aromatic N) is 3. The Kier molecular flexibility index (Phi) is 7.23. The fraction of sp³-hybridized carbons (Fsp3) is 0.200. The summed E-state index contributed by atoms with van der Waals surface area (Å²) < 4.78 is 37.4. The fourth-order valence-electron chi connectivity index (χ4n) is 3.84. The molecule has 0 aliphatic carbocycles. The van der Waals surface area contributed by atoms with Crippen LogP contribution in [-0.2, 0) is 28.9 Å². The Morgan fingerprint density at radius 2 is 1.61 bits per heavy atom. The van der Waals surface area contributed by atoms with Gasteiger partial charge in [0.1, 0.15) is 12.3 Å². The number of carbonyl (C=O) groups is 1. The van der Waals surface area contributed by atoms with Crippen molar-refractivity contribution in [1.82, 2.24) is 9.13 Å². The zero-order valence-corrected chi connectivity index (χ0v) is 22.3. The Labute approximate surface area is 217 Å². The van der Waals surface area contributed by atoms with Crippen molar-refractivity contribution in [3.05, 3.63) is 81.7 Å². The van der Waals surface area contributed by atoms with Gasteiger partial charge in [0.25, 0.3) is 10.0 Å². The van der Waals surface area contributed by atoms with Crippen LogP contribution in [-0.4, -0.2) is 36.6 Å².